The molecule has 0 rings (SSSR count). The molecule has 13 heteroatoms. The van der Waals surface area contributed by atoms with Crippen LogP contribution in [0, 0.1) is 5.41 Å². The molecular formula is C56H102O13. The lowest BCUT2D eigenvalue weighted by atomic mass is 9.92. The summed E-state index contributed by atoms with van der Waals surface area (Å²) in [5.41, 5.74) is -1.35. The fourth-order valence-corrected chi connectivity index (χ4v) is 7.99. The van der Waals surface area contributed by atoms with Crippen LogP contribution in [0.5, 0.6) is 0 Å². The summed E-state index contributed by atoms with van der Waals surface area (Å²) in [6.45, 7) is 10.9. The number of ether oxygens (including phenoxy) is 6. The fraction of sp³-hybridized carbons (Fsp3) is 0.893. The minimum Gasteiger partial charge on any atom is -0.465 e. The van der Waals surface area contributed by atoms with E-state index < -0.39 is 29.9 Å². The van der Waals surface area contributed by atoms with Crippen molar-refractivity contribution in [2.24, 2.45) is 5.41 Å². The second-order valence-corrected chi connectivity index (χ2v) is 19.9. The third-order valence-electron chi connectivity index (χ3n) is 12.6. The van der Waals surface area contributed by atoms with Gasteiger partial charge in [0.05, 0.1) is 30.3 Å². The molecule has 0 amide bonds. The highest BCUT2D eigenvalue weighted by Gasteiger charge is 2.35. The molecule has 3 unspecified atom stereocenters. The molecule has 0 radical (unpaired) electrons. The maximum atomic E-state index is 12.8. The third kappa shape index (κ3) is 42.2. The number of carbonyl (C=O) groups is 6. The van der Waals surface area contributed by atoms with Gasteiger partial charge in [0, 0.05) is 38.5 Å². The van der Waals surface area contributed by atoms with Crippen LogP contribution in [0.3, 0.4) is 0 Å². The summed E-state index contributed by atoms with van der Waals surface area (Å²) in [6, 6.07) is 0. The van der Waals surface area contributed by atoms with Gasteiger partial charge in [0.1, 0.15) is 19.8 Å². The number of hydrogen-bond donors (Lipinski definition) is 1. The first-order valence-corrected chi connectivity index (χ1v) is 28.0. The predicted molar refractivity (Wildman–Crippen MR) is 272 cm³/mol. The van der Waals surface area contributed by atoms with Crippen LogP contribution < -0.4 is 0 Å². The molecule has 13 nitrogen and oxygen atoms in total. The van der Waals surface area contributed by atoms with Crippen LogP contribution in [-0.2, 0) is 57.2 Å². The molecule has 0 aromatic heterocycles. The van der Waals surface area contributed by atoms with Gasteiger partial charge in [-0.1, -0.05) is 136 Å². The molecule has 0 saturated heterocycles. The van der Waals surface area contributed by atoms with Gasteiger partial charge in [0.2, 0.25) is 0 Å². The van der Waals surface area contributed by atoms with Crippen molar-refractivity contribution < 1.29 is 62.3 Å². The fourth-order valence-electron chi connectivity index (χ4n) is 7.99. The standard InChI is InChI=1S/C56H102O13/c1-7-10-13-16-25-34-47(4)67-53(61)40-31-22-19-28-37-50(58)64-44-56(43-57,45-65-51(59)38-29-20-23-32-41-54(62)68-48(5)35-26-17-14-11-8-2)46-66-52(60)39-30-21-24-33-42-55(63)69-49(6)36-27-18-15-12-9-3/h47-49,57H,7-46H2,1-6H3. The summed E-state index contributed by atoms with van der Waals surface area (Å²) in [7, 11) is 0. The van der Waals surface area contributed by atoms with Crippen molar-refractivity contribution in [1.82, 2.24) is 0 Å². The average molecular weight is 983 g/mol. The molecular weight excluding hydrogens is 881 g/mol. The van der Waals surface area contributed by atoms with Gasteiger partial charge in [0.25, 0.3) is 0 Å². The molecule has 1 N–H and O–H groups in total. The molecule has 0 aliphatic rings. The Hall–Kier alpha value is -3.22. The normalized spacial score (nSPS) is 13.4. The van der Waals surface area contributed by atoms with E-state index in [0.29, 0.717) is 57.8 Å². The minimum atomic E-state index is -1.35. The van der Waals surface area contributed by atoms with Gasteiger partial charge in [-0.25, -0.2) is 0 Å². The van der Waals surface area contributed by atoms with Crippen LogP contribution >= 0.6 is 0 Å². The monoisotopic (exact) mass is 983 g/mol. The van der Waals surface area contributed by atoms with E-state index in [0.717, 1.165) is 96.3 Å². The quantitative estimate of drug-likeness (QED) is 0.0346. The molecule has 0 aliphatic carbocycles. The van der Waals surface area contributed by atoms with Crippen LogP contribution in [0.2, 0.25) is 0 Å². The van der Waals surface area contributed by atoms with Gasteiger partial charge in [-0.05, 0) is 97.8 Å². The highest BCUT2D eigenvalue weighted by Crippen LogP contribution is 2.22. The molecule has 0 spiro atoms. The van der Waals surface area contributed by atoms with Gasteiger partial charge >= 0.3 is 35.8 Å². The lowest BCUT2D eigenvalue weighted by Gasteiger charge is -2.30. The van der Waals surface area contributed by atoms with E-state index in [2.05, 4.69) is 20.8 Å². The Bertz CT molecular complexity index is 1150. The van der Waals surface area contributed by atoms with Crippen LogP contribution in [0.25, 0.3) is 0 Å². The summed E-state index contributed by atoms with van der Waals surface area (Å²) in [4.78, 5) is 75.3. The van der Waals surface area contributed by atoms with E-state index in [1.165, 1.54) is 57.8 Å². The summed E-state index contributed by atoms with van der Waals surface area (Å²) < 4.78 is 33.4. The van der Waals surface area contributed by atoms with Crippen molar-refractivity contribution in [2.45, 2.75) is 291 Å². The molecule has 0 aromatic carbocycles. The summed E-state index contributed by atoms with van der Waals surface area (Å²) in [5, 5.41) is 10.6. The van der Waals surface area contributed by atoms with Gasteiger partial charge in [0.15, 0.2) is 0 Å². The second kappa shape index (κ2) is 45.9. The predicted octanol–water partition coefficient (Wildman–Crippen LogP) is 13.5. The third-order valence-corrected chi connectivity index (χ3v) is 12.6. The van der Waals surface area contributed by atoms with Crippen molar-refractivity contribution in [3.8, 4) is 0 Å². The zero-order valence-electron chi connectivity index (χ0n) is 44.9. The molecule has 0 heterocycles. The van der Waals surface area contributed by atoms with Gasteiger partial charge in [-0.2, -0.15) is 0 Å². The van der Waals surface area contributed by atoms with Gasteiger partial charge in [-0.15, -0.1) is 0 Å². The number of esters is 6. The Balaban J connectivity index is 4.87. The van der Waals surface area contributed by atoms with E-state index in [4.69, 9.17) is 28.4 Å². The van der Waals surface area contributed by atoms with E-state index in [1.54, 1.807) is 0 Å². The maximum absolute atomic E-state index is 12.8. The van der Waals surface area contributed by atoms with E-state index >= 15 is 0 Å². The Morgan fingerprint density at radius 1 is 0.333 bits per heavy atom. The smallest absolute Gasteiger partial charge is 0.306 e. The first kappa shape index (κ1) is 65.8. The Labute approximate surface area is 419 Å². The molecule has 0 aromatic rings. The summed E-state index contributed by atoms with van der Waals surface area (Å²) >= 11 is 0. The first-order valence-electron chi connectivity index (χ1n) is 28.0. The molecule has 404 valence electrons. The van der Waals surface area contributed by atoms with E-state index in [1.807, 2.05) is 20.8 Å². The molecule has 0 fully saturated rings. The lowest BCUT2D eigenvalue weighted by molar-refractivity contribution is -0.165. The number of aliphatic hydroxyl groups is 1. The van der Waals surface area contributed by atoms with Gasteiger partial charge in [-0.3, -0.25) is 28.8 Å². The first-order chi connectivity index (χ1) is 33.3. The lowest BCUT2D eigenvalue weighted by Crippen LogP contribution is -2.42. The molecule has 69 heavy (non-hydrogen) atoms. The van der Waals surface area contributed by atoms with Crippen LogP contribution in [-0.4, -0.2) is 85.7 Å². The van der Waals surface area contributed by atoms with Gasteiger partial charge < -0.3 is 33.5 Å². The Kier molecular flexibility index (Phi) is 43.7. The zero-order chi connectivity index (χ0) is 51.2. The molecule has 0 aliphatic heterocycles. The van der Waals surface area contributed by atoms with Crippen molar-refractivity contribution in [3.63, 3.8) is 0 Å². The van der Waals surface area contributed by atoms with Crippen molar-refractivity contribution in [1.29, 1.82) is 0 Å². The number of hydrogen-bond acceptors (Lipinski definition) is 13. The summed E-state index contributed by atoms with van der Waals surface area (Å²) in [6.07, 6.45) is 29.5. The van der Waals surface area contributed by atoms with Crippen molar-refractivity contribution in [2.75, 3.05) is 26.4 Å². The number of rotatable bonds is 49. The van der Waals surface area contributed by atoms with E-state index in [9.17, 15) is 33.9 Å². The SMILES string of the molecule is CCCCCCCC(C)OC(=O)CCCCCCC(=O)OCC(CO)(COC(=O)CCCCCCC(=O)OC(C)CCCCCCC)COC(=O)CCCCCCC(=O)OC(C)CCCCCCC. The summed E-state index contributed by atoms with van der Waals surface area (Å²) in [5.74, 6) is -2.04. The topological polar surface area (TPSA) is 178 Å². The van der Waals surface area contributed by atoms with E-state index in [-0.39, 0.29) is 75.3 Å². The van der Waals surface area contributed by atoms with Crippen molar-refractivity contribution >= 4 is 35.8 Å². The Morgan fingerprint density at radius 3 is 0.783 bits per heavy atom. The number of aliphatic hydroxyl groups excluding tert-OH is 1. The molecule has 3 atom stereocenters. The highest BCUT2D eigenvalue weighted by molar-refractivity contribution is 5.71. The highest BCUT2D eigenvalue weighted by atomic mass is 16.6. The largest absolute Gasteiger partial charge is 0.465 e. The van der Waals surface area contributed by atoms with Crippen LogP contribution in [0.4, 0.5) is 0 Å². The minimum absolute atomic E-state index is 0.0844. The molecule has 0 bridgehead atoms. The Morgan fingerprint density at radius 2 is 0.551 bits per heavy atom. The molecule has 0 saturated carbocycles. The average Bonchev–Trinajstić information content (AvgIpc) is 3.31. The zero-order valence-corrected chi connectivity index (χ0v) is 44.9. The van der Waals surface area contributed by atoms with Crippen LogP contribution in [0.15, 0.2) is 0 Å². The number of unbranched alkanes of at least 4 members (excludes halogenated alkanes) is 21. The number of carbonyl (C=O) groups excluding carboxylic acids is 6. The maximum Gasteiger partial charge on any atom is 0.306 e. The van der Waals surface area contributed by atoms with Crippen molar-refractivity contribution in [3.05, 3.63) is 0 Å². The van der Waals surface area contributed by atoms with Crippen LogP contribution in [0.1, 0.15) is 273 Å². The second-order valence-electron chi connectivity index (χ2n) is 19.9.